The molecule has 204 valence electrons. The van der Waals surface area contributed by atoms with E-state index in [9.17, 15) is 13.2 Å². The highest BCUT2D eigenvalue weighted by molar-refractivity contribution is 7.90. The summed E-state index contributed by atoms with van der Waals surface area (Å²) in [5.74, 6) is 0.367. The molecule has 0 spiro atoms. The largest absolute Gasteiger partial charge is 0.360 e. The molecule has 12 heteroatoms. The van der Waals surface area contributed by atoms with Crippen LogP contribution in [0.4, 0.5) is 11.6 Å². The molecule has 0 saturated heterocycles. The van der Waals surface area contributed by atoms with Gasteiger partial charge in [-0.05, 0) is 56.0 Å². The molecule has 1 amide bonds. The number of rotatable bonds is 6. The minimum atomic E-state index is -3.79. The van der Waals surface area contributed by atoms with E-state index >= 15 is 0 Å². The first-order chi connectivity index (χ1) is 19.3. The molecule has 1 aliphatic carbocycles. The molecule has 1 aliphatic heterocycles. The van der Waals surface area contributed by atoms with Crippen molar-refractivity contribution >= 4 is 55.9 Å². The highest BCUT2D eigenvalue weighted by Gasteiger charge is 2.33. The summed E-state index contributed by atoms with van der Waals surface area (Å²) in [5.41, 5.74) is 3.39. The minimum absolute atomic E-state index is 0.0501. The summed E-state index contributed by atoms with van der Waals surface area (Å²) in [6.45, 7) is 3.42. The quantitative estimate of drug-likeness (QED) is 0.242. The minimum Gasteiger partial charge on any atom is -0.360 e. The van der Waals surface area contributed by atoms with Gasteiger partial charge < -0.3 is 15.6 Å². The van der Waals surface area contributed by atoms with E-state index in [2.05, 4.69) is 31.9 Å². The number of H-pyrrole nitrogens is 1. The van der Waals surface area contributed by atoms with Gasteiger partial charge in [0.25, 0.3) is 10.0 Å². The molecular weight excluding hydrogens is 550 g/mol. The molecule has 2 aromatic carbocycles. The zero-order valence-electron chi connectivity index (χ0n) is 21.3. The number of aliphatic imine (C=N–C) groups is 1. The number of aromatic amines is 1. The van der Waals surface area contributed by atoms with Crippen LogP contribution in [-0.2, 0) is 14.8 Å². The molecule has 40 heavy (non-hydrogen) atoms. The number of fused-ring (bicyclic) bond motifs is 2. The van der Waals surface area contributed by atoms with Gasteiger partial charge >= 0.3 is 0 Å². The summed E-state index contributed by atoms with van der Waals surface area (Å²) in [7, 11) is -3.79. The second-order valence-corrected chi connectivity index (χ2v) is 11.8. The first-order valence-corrected chi connectivity index (χ1v) is 14.7. The Morgan fingerprint density at radius 1 is 1.18 bits per heavy atom. The van der Waals surface area contributed by atoms with E-state index in [1.54, 1.807) is 18.3 Å². The SMILES string of the molecule is C=CC(=O)Nc1ccc2c(c1)S(=O)(=O)NC2=N[C@H]1CCC[C@@H](Nc2ncc(Cl)c(-c3c[nH]c4ccccc34)n2)C1. The fourth-order valence-electron chi connectivity index (χ4n) is 5.21. The van der Waals surface area contributed by atoms with Gasteiger partial charge in [-0.1, -0.05) is 36.4 Å². The van der Waals surface area contributed by atoms with Gasteiger partial charge in [0.1, 0.15) is 10.7 Å². The number of para-hydroxylation sites is 1. The lowest BCUT2D eigenvalue weighted by molar-refractivity contribution is -0.111. The maximum atomic E-state index is 12.8. The predicted octanol–water partition coefficient (Wildman–Crippen LogP) is 4.86. The molecule has 1 fully saturated rings. The smallest absolute Gasteiger partial charge is 0.263 e. The number of nitrogens with one attached hydrogen (secondary N) is 4. The standard InChI is InChI=1S/C28H26ClN7O3S/c1-2-25(37)32-18-10-11-20-24(13-18)40(38,39)36-27(20)33-16-6-5-7-17(12-16)34-28-31-15-22(29)26(35-28)21-14-30-23-9-4-3-8-19(21)23/h2-4,8-11,13-17,30H,1,5-7,12H2,(H,32,37)(H,33,36)(H,31,34,35)/t16-,17+/m0/s1. The molecule has 10 nitrogen and oxygen atoms in total. The molecule has 6 rings (SSSR count). The van der Waals surface area contributed by atoms with Gasteiger partial charge in [0.2, 0.25) is 11.9 Å². The van der Waals surface area contributed by atoms with Crippen LogP contribution in [0.25, 0.3) is 22.2 Å². The van der Waals surface area contributed by atoms with E-state index in [0.29, 0.717) is 40.2 Å². The van der Waals surface area contributed by atoms with Crippen molar-refractivity contribution in [3.63, 3.8) is 0 Å². The Morgan fingerprint density at radius 3 is 2.88 bits per heavy atom. The number of benzene rings is 2. The molecule has 0 radical (unpaired) electrons. The third kappa shape index (κ3) is 5.05. The third-order valence-corrected chi connectivity index (χ3v) is 8.75. The van der Waals surface area contributed by atoms with E-state index in [4.69, 9.17) is 21.6 Å². The van der Waals surface area contributed by atoms with Crippen LogP contribution in [0, 0.1) is 0 Å². The molecule has 2 aliphatic rings. The van der Waals surface area contributed by atoms with Gasteiger partial charge in [-0.3, -0.25) is 14.5 Å². The Balaban J connectivity index is 1.20. The van der Waals surface area contributed by atoms with Crippen molar-refractivity contribution in [2.75, 3.05) is 10.6 Å². The van der Waals surface area contributed by atoms with Crippen molar-refractivity contribution < 1.29 is 13.2 Å². The molecule has 0 unspecified atom stereocenters. The first-order valence-electron chi connectivity index (χ1n) is 12.8. The Hall–Kier alpha value is -4.22. The van der Waals surface area contributed by atoms with E-state index in [1.807, 2.05) is 30.5 Å². The number of aromatic nitrogens is 3. The van der Waals surface area contributed by atoms with Crippen molar-refractivity contribution in [1.29, 1.82) is 0 Å². The van der Waals surface area contributed by atoms with Crippen LogP contribution in [-0.4, -0.2) is 47.2 Å². The second kappa shape index (κ2) is 10.4. The van der Waals surface area contributed by atoms with Gasteiger partial charge in [0.15, 0.2) is 0 Å². The van der Waals surface area contributed by atoms with Crippen molar-refractivity contribution in [1.82, 2.24) is 19.7 Å². The molecular formula is C28H26ClN7O3S. The van der Waals surface area contributed by atoms with Gasteiger partial charge in [-0.25, -0.2) is 18.4 Å². The van der Waals surface area contributed by atoms with Crippen LogP contribution in [0.3, 0.4) is 0 Å². The molecule has 1 saturated carbocycles. The monoisotopic (exact) mass is 575 g/mol. The zero-order chi connectivity index (χ0) is 27.9. The van der Waals surface area contributed by atoms with Crippen molar-refractivity contribution in [3.05, 3.63) is 78.1 Å². The molecule has 3 heterocycles. The summed E-state index contributed by atoms with van der Waals surface area (Å²) in [4.78, 5) is 28.9. The normalized spacial score (nSPS) is 20.6. The van der Waals surface area contributed by atoms with Crippen LogP contribution in [0.15, 0.2) is 77.4 Å². The van der Waals surface area contributed by atoms with Gasteiger partial charge in [0, 0.05) is 40.0 Å². The number of hydrogen-bond acceptors (Lipinski definition) is 7. The maximum Gasteiger partial charge on any atom is 0.263 e. The average Bonchev–Trinajstić information content (AvgIpc) is 3.48. The van der Waals surface area contributed by atoms with E-state index < -0.39 is 15.9 Å². The molecule has 0 bridgehead atoms. The number of amidine groups is 1. The summed E-state index contributed by atoms with van der Waals surface area (Å²) < 4.78 is 28.2. The Bertz CT molecular complexity index is 1780. The zero-order valence-corrected chi connectivity index (χ0v) is 22.9. The lowest BCUT2D eigenvalue weighted by Crippen LogP contribution is -2.32. The number of hydrogen-bond donors (Lipinski definition) is 4. The Labute approximate surface area is 236 Å². The number of halogens is 1. The lowest BCUT2D eigenvalue weighted by Gasteiger charge is -2.28. The third-order valence-electron chi connectivity index (χ3n) is 7.09. The van der Waals surface area contributed by atoms with Crippen LogP contribution in [0.2, 0.25) is 5.02 Å². The van der Waals surface area contributed by atoms with Gasteiger partial charge in [-0.15, -0.1) is 0 Å². The van der Waals surface area contributed by atoms with Gasteiger partial charge in [0.05, 0.1) is 23.0 Å². The number of sulfonamides is 1. The van der Waals surface area contributed by atoms with E-state index in [-0.39, 0.29) is 17.0 Å². The predicted molar refractivity (Wildman–Crippen MR) is 156 cm³/mol. The van der Waals surface area contributed by atoms with Crippen LogP contribution < -0.4 is 15.4 Å². The van der Waals surface area contributed by atoms with Gasteiger partial charge in [-0.2, -0.15) is 0 Å². The molecule has 2 atom stereocenters. The van der Waals surface area contributed by atoms with E-state index in [1.165, 1.54) is 6.07 Å². The summed E-state index contributed by atoms with van der Waals surface area (Å²) in [6.07, 6.45) is 7.95. The lowest BCUT2D eigenvalue weighted by atomic mass is 9.91. The molecule has 4 aromatic rings. The Morgan fingerprint density at radius 2 is 2.02 bits per heavy atom. The fourth-order valence-corrected chi connectivity index (χ4v) is 6.67. The summed E-state index contributed by atoms with van der Waals surface area (Å²) >= 11 is 6.49. The average molecular weight is 576 g/mol. The Kier molecular flexibility index (Phi) is 6.77. The highest BCUT2D eigenvalue weighted by atomic mass is 35.5. The number of nitrogens with zero attached hydrogens (tertiary/aromatic N) is 3. The topological polar surface area (TPSA) is 141 Å². The van der Waals surface area contributed by atoms with Crippen molar-refractivity contribution in [3.8, 4) is 11.3 Å². The number of carbonyl (C=O) groups excluding carboxylic acids is 1. The fraction of sp³-hybridized carbons (Fsp3) is 0.214. The number of amides is 1. The summed E-state index contributed by atoms with van der Waals surface area (Å²) in [5, 5.41) is 7.51. The second-order valence-electron chi connectivity index (χ2n) is 9.79. The van der Waals surface area contributed by atoms with Crippen LogP contribution in [0.5, 0.6) is 0 Å². The van der Waals surface area contributed by atoms with Crippen molar-refractivity contribution in [2.45, 2.75) is 42.7 Å². The van der Waals surface area contributed by atoms with Crippen LogP contribution in [0.1, 0.15) is 31.2 Å². The molecule has 2 aromatic heterocycles. The van der Waals surface area contributed by atoms with E-state index in [0.717, 1.165) is 41.8 Å². The number of carbonyl (C=O) groups is 1. The van der Waals surface area contributed by atoms with Crippen molar-refractivity contribution in [2.24, 2.45) is 4.99 Å². The van der Waals surface area contributed by atoms with Crippen LogP contribution >= 0.6 is 11.6 Å². The number of anilines is 2. The summed E-state index contributed by atoms with van der Waals surface area (Å²) in [6, 6.07) is 12.6. The highest BCUT2D eigenvalue weighted by Crippen LogP contribution is 2.33. The molecule has 4 N–H and O–H groups in total. The first kappa shape index (κ1) is 26.0. The maximum absolute atomic E-state index is 12.8.